The molecule has 1 heterocycles. The van der Waals surface area contributed by atoms with Crippen molar-refractivity contribution in [2.24, 2.45) is 0 Å². The van der Waals surface area contributed by atoms with E-state index in [0.717, 1.165) is 44.1 Å². The van der Waals surface area contributed by atoms with E-state index in [2.05, 4.69) is 5.32 Å². The number of nitro benzene ring substituents is 1. The minimum Gasteiger partial charge on any atom is -0.339 e. The number of nitro groups is 1. The average molecular weight is 281 g/mol. The van der Waals surface area contributed by atoms with Crippen LogP contribution in [0.3, 0.4) is 0 Å². The van der Waals surface area contributed by atoms with E-state index in [1.54, 1.807) is 7.05 Å². The zero-order valence-corrected chi connectivity index (χ0v) is 11.1. The minimum atomic E-state index is -0.735. The first kappa shape index (κ1) is 14.4. The van der Waals surface area contributed by atoms with Crippen LogP contribution in [0.5, 0.6) is 0 Å². The highest BCUT2D eigenvalue weighted by Crippen LogP contribution is 2.20. The SMILES string of the molecule is CN(C(=O)c1cc([N+](=O)[O-])ccc1F)C1CCNCC1. The summed E-state index contributed by atoms with van der Waals surface area (Å²) in [6, 6.07) is 3.04. The van der Waals surface area contributed by atoms with Crippen LogP contribution in [0.1, 0.15) is 23.2 Å². The number of carbonyl (C=O) groups excluding carboxylic acids is 1. The summed E-state index contributed by atoms with van der Waals surface area (Å²) in [6.45, 7) is 1.61. The van der Waals surface area contributed by atoms with Crippen molar-refractivity contribution in [2.75, 3.05) is 20.1 Å². The number of rotatable bonds is 3. The lowest BCUT2D eigenvalue weighted by molar-refractivity contribution is -0.384. The third-order valence-electron chi connectivity index (χ3n) is 3.57. The molecule has 108 valence electrons. The molecule has 1 saturated heterocycles. The first-order chi connectivity index (χ1) is 9.50. The molecule has 0 atom stereocenters. The quantitative estimate of drug-likeness (QED) is 0.674. The second-order valence-corrected chi connectivity index (χ2v) is 4.82. The molecule has 1 amide bonds. The van der Waals surface area contributed by atoms with Crippen LogP contribution < -0.4 is 5.32 Å². The van der Waals surface area contributed by atoms with Gasteiger partial charge in [-0.1, -0.05) is 0 Å². The second kappa shape index (κ2) is 5.96. The van der Waals surface area contributed by atoms with Gasteiger partial charge in [-0.2, -0.15) is 0 Å². The molecule has 0 aliphatic carbocycles. The monoisotopic (exact) mass is 281 g/mol. The molecule has 20 heavy (non-hydrogen) atoms. The fourth-order valence-corrected chi connectivity index (χ4v) is 2.34. The van der Waals surface area contributed by atoms with Crippen molar-refractivity contribution in [1.82, 2.24) is 10.2 Å². The van der Waals surface area contributed by atoms with Crippen LogP contribution in [0.15, 0.2) is 18.2 Å². The Morgan fingerprint density at radius 3 is 2.70 bits per heavy atom. The molecule has 1 aliphatic heterocycles. The Morgan fingerprint density at radius 2 is 2.10 bits per heavy atom. The van der Waals surface area contributed by atoms with Gasteiger partial charge < -0.3 is 10.2 Å². The lowest BCUT2D eigenvalue weighted by Gasteiger charge is -2.31. The third-order valence-corrected chi connectivity index (χ3v) is 3.57. The van der Waals surface area contributed by atoms with Gasteiger partial charge in [0.25, 0.3) is 11.6 Å². The Bertz CT molecular complexity index is 530. The maximum absolute atomic E-state index is 13.7. The summed E-state index contributed by atoms with van der Waals surface area (Å²) >= 11 is 0. The normalized spacial score (nSPS) is 15.9. The van der Waals surface area contributed by atoms with E-state index in [1.165, 1.54) is 4.90 Å². The summed E-state index contributed by atoms with van der Waals surface area (Å²) in [5, 5.41) is 13.9. The number of hydrogen-bond donors (Lipinski definition) is 1. The fourth-order valence-electron chi connectivity index (χ4n) is 2.34. The highest BCUT2D eigenvalue weighted by molar-refractivity contribution is 5.95. The standard InChI is InChI=1S/C13H16FN3O3/c1-16(9-4-6-15-7-5-9)13(18)11-8-10(17(19)20)2-3-12(11)14/h2-3,8-9,15H,4-7H2,1H3. The number of nitrogens with zero attached hydrogens (tertiary/aromatic N) is 2. The maximum Gasteiger partial charge on any atom is 0.270 e. The van der Waals surface area contributed by atoms with Gasteiger partial charge in [0.15, 0.2) is 0 Å². The van der Waals surface area contributed by atoms with Gasteiger partial charge in [0.2, 0.25) is 0 Å². The smallest absolute Gasteiger partial charge is 0.270 e. The van der Waals surface area contributed by atoms with Crippen molar-refractivity contribution in [3.05, 3.63) is 39.7 Å². The molecule has 2 rings (SSSR count). The van der Waals surface area contributed by atoms with Crippen molar-refractivity contribution in [3.63, 3.8) is 0 Å². The molecular formula is C13H16FN3O3. The largest absolute Gasteiger partial charge is 0.339 e. The molecule has 0 radical (unpaired) electrons. The van der Waals surface area contributed by atoms with Crippen LogP contribution >= 0.6 is 0 Å². The van der Waals surface area contributed by atoms with Gasteiger partial charge >= 0.3 is 0 Å². The van der Waals surface area contributed by atoms with Gasteiger partial charge in [-0.25, -0.2) is 4.39 Å². The topological polar surface area (TPSA) is 75.5 Å². The summed E-state index contributed by atoms with van der Waals surface area (Å²) in [5.74, 6) is -1.25. The molecule has 1 aromatic carbocycles. The molecule has 1 aliphatic rings. The Kier molecular flexibility index (Phi) is 4.29. The van der Waals surface area contributed by atoms with Crippen molar-refractivity contribution < 1.29 is 14.1 Å². The van der Waals surface area contributed by atoms with E-state index in [4.69, 9.17) is 0 Å². The van der Waals surface area contributed by atoms with Crippen molar-refractivity contribution in [2.45, 2.75) is 18.9 Å². The molecule has 6 nitrogen and oxygen atoms in total. The summed E-state index contributed by atoms with van der Waals surface area (Å²) in [4.78, 5) is 23.8. The average Bonchev–Trinajstić information content (AvgIpc) is 2.47. The Hall–Kier alpha value is -2.02. The Morgan fingerprint density at radius 1 is 1.45 bits per heavy atom. The van der Waals surface area contributed by atoms with Crippen LogP contribution in [0.25, 0.3) is 0 Å². The summed E-state index contributed by atoms with van der Waals surface area (Å²) in [6.07, 6.45) is 1.58. The van der Waals surface area contributed by atoms with E-state index < -0.39 is 16.6 Å². The highest BCUT2D eigenvalue weighted by Gasteiger charge is 2.26. The lowest BCUT2D eigenvalue weighted by atomic mass is 10.0. The van der Waals surface area contributed by atoms with Crippen LogP contribution in [0.2, 0.25) is 0 Å². The number of non-ortho nitro benzene ring substituents is 1. The number of carbonyl (C=O) groups is 1. The van der Waals surface area contributed by atoms with Crippen LogP contribution in [-0.2, 0) is 0 Å². The van der Waals surface area contributed by atoms with E-state index in [0.29, 0.717) is 0 Å². The summed E-state index contributed by atoms with van der Waals surface area (Å²) < 4.78 is 13.7. The summed E-state index contributed by atoms with van der Waals surface area (Å²) in [5.41, 5.74) is -0.534. The first-order valence-corrected chi connectivity index (χ1v) is 6.42. The van der Waals surface area contributed by atoms with Gasteiger partial charge in [-0.05, 0) is 32.0 Å². The molecule has 1 fully saturated rings. The molecule has 0 bridgehead atoms. The Balaban J connectivity index is 2.23. The molecule has 0 spiro atoms. The number of nitrogens with one attached hydrogen (secondary N) is 1. The minimum absolute atomic E-state index is 0.0300. The first-order valence-electron chi connectivity index (χ1n) is 6.42. The number of halogens is 1. The van der Waals surface area contributed by atoms with Crippen molar-refractivity contribution >= 4 is 11.6 Å². The van der Waals surface area contributed by atoms with E-state index >= 15 is 0 Å². The fraction of sp³-hybridized carbons (Fsp3) is 0.462. The molecular weight excluding hydrogens is 265 g/mol. The predicted octanol–water partition coefficient (Wildman–Crippen LogP) is 1.56. The molecule has 0 unspecified atom stereocenters. The maximum atomic E-state index is 13.7. The molecule has 0 aromatic heterocycles. The lowest BCUT2D eigenvalue weighted by Crippen LogP contribution is -2.44. The second-order valence-electron chi connectivity index (χ2n) is 4.82. The molecule has 1 N–H and O–H groups in total. The number of amides is 1. The van der Waals surface area contributed by atoms with E-state index in [1.807, 2.05) is 0 Å². The number of hydrogen-bond acceptors (Lipinski definition) is 4. The zero-order chi connectivity index (χ0) is 14.7. The molecule has 7 heteroatoms. The van der Waals surface area contributed by atoms with Gasteiger partial charge in [0, 0.05) is 25.2 Å². The molecule has 0 saturated carbocycles. The number of piperidine rings is 1. The van der Waals surface area contributed by atoms with Gasteiger partial charge in [0.1, 0.15) is 5.82 Å². The highest BCUT2D eigenvalue weighted by atomic mass is 19.1. The summed E-state index contributed by atoms with van der Waals surface area (Å²) in [7, 11) is 1.61. The predicted molar refractivity (Wildman–Crippen MR) is 71.0 cm³/mol. The molecule has 1 aromatic rings. The van der Waals surface area contributed by atoms with E-state index in [-0.39, 0.29) is 17.3 Å². The third kappa shape index (κ3) is 2.93. The van der Waals surface area contributed by atoms with Crippen molar-refractivity contribution in [3.8, 4) is 0 Å². The van der Waals surface area contributed by atoms with Crippen molar-refractivity contribution in [1.29, 1.82) is 0 Å². The van der Waals surface area contributed by atoms with Gasteiger partial charge in [-0.15, -0.1) is 0 Å². The van der Waals surface area contributed by atoms with Crippen LogP contribution in [0.4, 0.5) is 10.1 Å². The number of benzene rings is 1. The Labute approximate surface area is 115 Å². The van der Waals surface area contributed by atoms with Gasteiger partial charge in [-0.3, -0.25) is 14.9 Å². The van der Waals surface area contributed by atoms with Gasteiger partial charge in [0.05, 0.1) is 10.5 Å². The van der Waals surface area contributed by atoms with Crippen LogP contribution in [0, 0.1) is 15.9 Å². The zero-order valence-electron chi connectivity index (χ0n) is 11.1. The van der Waals surface area contributed by atoms with Crippen LogP contribution in [-0.4, -0.2) is 41.9 Å². The van der Waals surface area contributed by atoms with E-state index in [9.17, 15) is 19.3 Å².